The van der Waals surface area contributed by atoms with Crippen LogP contribution < -0.4 is 5.32 Å². The van der Waals surface area contributed by atoms with Gasteiger partial charge in [0, 0.05) is 6.07 Å². The number of nitro benzene ring substituents is 1. The van der Waals surface area contributed by atoms with E-state index in [0.717, 1.165) is 24.3 Å². The van der Waals surface area contributed by atoms with Gasteiger partial charge in [0.2, 0.25) is 0 Å². The molecule has 1 aromatic rings. The number of nitro groups is 1. The third-order valence-electron chi connectivity index (χ3n) is 1.99. The summed E-state index contributed by atoms with van der Waals surface area (Å²) in [5.74, 6) is -8.33. The Kier molecular flexibility index (Phi) is 3.73. The van der Waals surface area contributed by atoms with Crippen LogP contribution in [0.5, 0.6) is 0 Å². The van der Waals surface area contributed by atoms with Gasteiger partial charge in [0.1, 0.15) is 5.69 Å². The smallest absolute Gasteiger partial charge is 0.315 e. The molecule has 0 fully saturated rings. The highest BCUT2D eigenvalue weighted by molar-refractivity contribution is 5.98. The van der Waals surface area contributed by atoms with Crippen LogP contribution in [-0.4, -0.2) is 22.9 Å². The minimum absolute atomic E-state index is 0.749. The molecule has 0 aliphatic carbocycles. The molecule has 1 rings (SSSR count). The van der Waals surface area contributed by atoms with Gasteiger partial charge >= 0.3 is 18.0 Å². The van der Waals surface area contributed by atoms with Crippen LogP contribution in [0, 0.1) is 10.1 Å². The highest BCUT2D eigenvalue weighted by atomic mass is 19.4. The van der Waals surface area contributed by atoms with Crippen molar-refractivity contribution < 1.29 is 31.7 Å². The lowest BCUT2D eigenvalue weighted by Gasteiger charge is -2.18. The summed E-state index contributed by atoms with van der Waals surface area (Å²) in [6.45, 7) is 0. The van der Waals surface area contributed by atoms with Gasteiger partial charge in [-0.05, 0) is 6.07 Å². The van der Waals surface area contributed by atoms with Gasteiger partial charge in [-0.3, -0.25) is 14.9 Å². The number of rotatable bonds is 3. The van der Waals surface area contributed by atoms with Crippen LogP contribution in [0.3, 0.4) is 0 Å². The van der Waals surface area contributed by atoms with E-state index < -0.39 is 34.3 Å². The summed E-state index contributed by atoms with van der Waals surface area (Å²) >= 11 is 0. The Bertz CT molecular complexity index is 515. The van der Waals surface area contributed by atoms with E-state index in [2.05, 4.69) is 0 Å². The van der Waals surface area contributed by atoms with Crippen molar-refractivity contribution in [3.05, 3.63) is 34.4 Å². The Hall–Kier alpha value is -2.26. The lowest BCUT2D eigenvalue weighted by Crippen LogP contribution is -2.47. The van der Waals surface area contributed by atoms with Gasteiger partial charge in [-0.25, -0.2) is 0 Å². The molecule has 19 heavy (non-hydrogen) atoms. The first-order chi connectivity index (χ1) is 8.57. The third-order valence-corrected chi connectivity index (χ3v) is 1.99. The standard InChI is InChI=1S/C9H5F5N2O3/c10-8(11,9(12,13)14)7(17)15-5-3-1-2-4-6(5)16(18)19/h1-4H,(H,15,17). The summed E-state index contributed by atoms with van der Waals surface area (Å²) in [4.78, 5) is 20.3. The van der Waals surface area contributed by atoms with Gasteiger partial charge in [0.05, 0.1) is 4.92 Å². The van der Waals surface area contributed by atoms with Crippen LogP contribution in [0.1, 0.15) is 0 Å². The molecule has 0 saturated carbocycles. The molecule has 104 valence electrons. The summed E-state index contributed by atoms with van der Waals surface area (Å²) < 4.78 is 61.0. The highest BCUT2D eigenvalue weighted by Crippen LogP contribution is 2.37. The number of nitrogens with zero attached hydrogens (tertiary/aromatic N) is 1. The maximum atomic E-state index is 12.6. The topological polar surface area (TPSA) is 72.2 Å². The highest BCUT2D eigenvalue weighted by Gasteiger charge is 2.63. The molecule has 1 amide bonds. The molecular formula is C9H5F5N2O3. The van der Waals surface area contributed by atoms with E-state index in [-0.39, 0.29) is 0 Å². The van der Waals surface area contributed by atoms with Crippen molar-refractivity contribution in [3.63, 3.8) is 0 Å². The first-order valence-corrected chi connectivity index (χ1v) is 4.57. The fourth-order valence-corrected chi connectivity index (χ4v) is 1.07. The summed E-state index contributed by atoms with van der Waals surface area (Å²) in [5.41, 5.74) is -1.55. The molecule has 5 nitrogen and oxygen atoms in total. The number of carbonyl (C=O) groups excluding carboxylic acids is 1. The summed E-state index contributed by atoms with van der Waals surface area (Å²) in [5, 5.41) is 11.7. The number of para-hydroxylation sites is 2. The fraction of sp³-hybridized carbons (Fsp3) is 0.222. The molecule has 0 radical (unpaired) electrons. The maximum absolute atomic E-state index is 12.6. The minimum Gasteiger partial charge on any atom is -0.315 e. The largest absolute Gasteiger partial charge is 0.463 e. The molecule has 0 aliphatic heterocycles. The van der Waals surface area contributed by atoms with Crippen molar-refractivity contribution in [2.75, 3.05) is 5.32 Å². The fourth-order valence-electron chi connectivity index (χ4n) is 1.07. The summed E-state index contributed by atoms with van der Waals surface area (Å²) in [6.07, 6.45) is -6.08. The second-order valence-electron chi connectivity index (χ2n) is 3.30. The predicted octanol–water partition coefficient (Wildman–Crippen LogP) is 2.73. The molecule has 0 aliphatic rings. The molecule has 10 heteroatoms. The lowest BCUT2D eigenvalue weighted by atomic mass is 10.2. The van der Waals surface area contributed by atoms with Gasteiger partial charge in [0.25, 0.3) is 5.69 Å². The van der Waals surface area contributed by atoms with Crippen LogP contribution in [0.25, 0.3) is 0 Å². The predicted molar refractivity (Wildman–Crippen MR) is 52.7 cm³/mol. The first-order valence-electron chi connectivity index (χ1n) is 4.57. The zero-order chi connectivity index (χ0) is 14.8. The van der Waals surface area contributed by atoms with Crippen LogP contribution in [0.2, 0.25) is 0 Å². The Morgan fingerprint density at radius 3 is 2.16 bits per heavy atom. The number of halogens is 5. The van der Waals surface area contributed by atoms with Gasteiger partial charge in [-0.15, -0.1) is 0 Å². The van der Waals surface area contributed by atoms with E-state index in [1.807, 2.05) is 0 Å². The zero-order valence-electron chi connectivity index (χ0n) is 8.87. The molecule has 0 unspecified atom stereocenters. The van der Waals surface area contributed by atoms with Crippen molar-refractivity contribution in [1.29, 1.82) is 0 Å². The third kappa shape index (κ3) is 2.95. The average molecular weight is 284 g/mol. The molecule has 1 aromatic carbocycles. The summed E-state index contributed by atoms with van der Waals surface area (Å²) in [6, 6.07) is 3.98. The van der Waals surface area contributed by atoms with Crippen LogP contribution in [0.15, 0.2) is 24.3 Å². The van der Waals surface area contributed by atoms with Crippen molar-refractivity contribution in [2.24, 2.45) is 0 Å². The number of hydrogen-bond donors (Lipinski definition) is 1. The number of benzene rings is 1. The SMILES string of the molecule is O=C(Nc1ccccc1[N+](=O)[O-])C(F)(F)C(F)(F)F. The van der Waals surface area contributed by atoms with Crippen LogP contribution in [0.4, 0.5) is 33.3 Å². The quantitative estimate of drug-likeness (QED) is 0.527. The van der Waals surface area contributed by atoms with Gasteiger partial charge in [0.15, 0.2) is 0 Å². The van der Waals surface area contributed by atoms with Gasteiger partial charge in [-0.2, -0.15) is 22.0 Å². The molecule has 0 heterocycles. The number of nitrogens with one attached hydrogen (secondary N) is 1. The normalized spacial score (nSPS) is 12.1. The second-order valence-corrected chi connectivity index (χ2v) is 3.30. The number of carbonyl (C=O) groups is 1. The number of amides is 1. The van der Waals surface area contributed by atoms with Crippen LogP contribution in [-0.2, 0) is 4.79 Å². The maximum Gasteiger partial charge on any atom is 0.463 e. The Morgan fingerprint density at radius 1 is 1.16 bits per heavy atom. The molecule has 0 atom stereocenters. The molecule has 0 bridgehead atoms. The van der Waals surface area contributed by atoms with E-state index in [1.165, 1.54) is 5.32 Å². The van der Waals surface area contributed by atoms with Crippen molar-refractivity contribution in [3.8, 4) is 0 Å². The monoisotopic (exact) mass is 284 g/mol. The minimum atomic E-state index is -6.08. The molecule has 1 N–H and O–H groups in total. The Labute approximate surface area is 102 Å². The van der Waals surface area contributed by atoms with Crippen molar-refractivity contribution in [1.82, 2.24) is 0 Å². The molecule has 0 saturated heterocycles. The van der Waals surface area contributed by atoms with Gasteiger partial charge in [-0.1, -0.05) is 12.1 Å². The van der Waals surface area contributed by atoms with E-state index in [0.29, 0.717) is 0 Å². The molecular weight excluding hydrogens is 279 g/mol. The summed E-state index contributed by atoms with van der Waals surface area (Å²) in [7, 11) is 0. The first kappa shape index (κ1) is 14.8. The van der Waals surface area contributed by atoms with E-state index in [9.17, 15) is 36.9 Å². The van der Waals surface area contributed by atoms with Gasteiger partial charge < -0.3 is 5.32 Å². The van der Waals surface area contributed by atoms with E-state index in [1.54, 1.807) is 0 Å². The molecule has 0 aromatic heterocycles. The number of hydrogen-bond acceptors (Lipinski definition) is 3. The van der Waals surface area contributed by atoms with E-state index in [4.69, 9.17) is 0 Å². The zero-order valence-corrected chi connectivity index (χ0v) is 8.87. The number of alkyl halides is 5. The second kappa shape index (κ2) is 4.78. The lowest BCUT2D eigenvalue weighted by molar-refractivity contribution is -0.384. The Balaban J connectivity index is 3.05. The number of anilines is 1. The Morgan fingerprint density at radius 2 is 1.68 bits per heavy atom. The van der Waals surface area contributed by atoms with E-state index >= 15 is 0 Å². The van der Waals surface area contributed by atoms with Crippen molar-refractivity contribution in [2.45, 2.75) is 12.1 Å². The van der Waals surface area contributed by atoms with Crippen molar-refractivity contribution >= 4 is 17.3 Å². The average Bonchev–Trinajstić information content (AvgIpc) is 2.27. The molecule has 0 spiro atoms. The van der Waals surface area contributed by atoms with Crippen LogP contribution >= 0.6 is 0 Å².